The van der Waals surface area contributed by atoms with Gasteiger partial charge in [0.05, 0.1) is 16.8 Å². The molecule has 1 rings (SSSR count). The zero-order valence-corrected chi connectivity index (χ0v) is 25.1. The van der Waals surface area contributed by atoms with Gasteiger partial charge in [-0.2, -0.15) is 18.2 Å². The molecule has 0 aromatic heterocycles. The topological polar surface area (TPSA) is 60.7 Å². The third kappa shape index (κ3) is 166. The molecular formula is C19H36F6GeHfO3-. The average Bonchev–Trinajstić information content (AvgIpc) is 2.71. The van der Waals surface area contributed by atoms with Crippen LogP contribution in [0.4, 0.5) is 26.3 Å². The Labute approximate surface area is 201 Å². The molecule has 181 valence electrons. The van der Waals surface area contributed by atoms with E-state index in [-0.39, 0.29) is 25.8 Å². The number of alkyl halides is 6. The van der Waals surface area contributed by atoms with Crippen LogP contribution in [0.2, 0.25) is 0 Å². The molecule has 0 spiro atoms. The molecule has 0 aliphatic heterocycles. The van der Waals surface area contributed by atoms with Crippen molar-refractivity contribution >= 4 is 15.4 Å². The maximum absolute atomic E-state index is 10.9. The molecule has 3 nitrogen and oxygen atoms in total. The molecule has 0 atom stereocenters. The van der Waals surface area contributed by atoms with E-state index in [2.05, 4.69) is 0 Å². The summed E-state index contributed by atoms with van der Waals surface area (Å²) in [6.07, 6.45) is 0. The molecule has 0 saturated carbocycles. The van der Waals surface area contributed by atoms with E-state index in [0.717, 1.165) is 0 Å². The van der Waals surface area contributed by atoms with Crippen LogP contribution in [0.5, 0.6) is 0 Å². The van der Waals surface area contributed by atoms with Gasteiger partial charge in [0.15, 0.2) is 0 Å². The number of rotatable bonds is 0. The van der Waals surface area contributed by atoms with Gasteiger partial charge in [-0.05, 0) is 62.3 Å². The first-order valence-electron chi connectivity index (χ1n) is 8.55. The Hall–Kier alpha value is 0.223. The smallest absolute Gasteiger partial charge is 0 e. The van der Waals surface area contributed by atoms with E-state index in [1.807, 2.05) is 30.3 Å². The molecule has 11 heteroatoms. The van der Waals surface area contributed by atoms with Crippen LogP contribution in [0, 0.1) is 0 Å². The normalized spacial score (nSPS) is 11.5. The summed E-state index contributed by atoms with van der Waals surface area (Å²) in [5.74, 6) is 0. The molecule has 3 N–H and O–H groups in total. The number of aliphatic hydroxyl groups is 3. The molecule has 0 heterocycles. The summed E-state index contributed by atoms with van der Waals surface area (Å²) in [7, 11) is 0. The van der Waals surface area contributed by atoms with Gasteiger partial charge < -0.3 is 15.3 Å². The van der Waals surface area contributed by atoms with E-state index in [1.54, 1.807) is 62.3 Å². The number of hydrogen-bond acceptors (Lipinski definition) is 3. The van der Waals surface area contributed by atoms with Gasteiger partial charge in [0.25, 0.3) is 0 Å². The molecule has 1 aromatic carbocycles. The Morgan fingerprint density at radius 1 is 0.567 bits per heavy atom. The SMILES string of the molecule is CC(C)(C)O.CC(C)(C)O.CC(C)(C)O.F[C](F)(F)[GeH][C](F)(F)F.[Hf].c1cc[cH-]c1. The van der Waals surface area contributed by atoms with E-state index in [9.17, 15) is 26.3 Å². The predicted octanol–water partition coefficient (Wildman–Crippen LogP) is 5.20. The molecule has 1 radical (unpaired) electrons. The minimum Gasteiger partial charge on any atom is -0.214 e. The molecule has 0 aliphatic rings. The van der Waals surface area contributed by atoms with Crippen molar-refractivity contribution in [3.05, 3.63) is 30.3 Å². The van der Waals surface area contributed by atoms with Crippen LogP contribution >= 0.6 is 0 Å². The maximum atomic E-state index is 10.9. The molecule has 0 unspecified atom stereocenters. The van der Waals surface area contributed by atoms with Gasteiger partial charge in [0, 0.05) is 25.8 Å². The third-order valence-corrected chi connectivity index (χ3v) is 2.26. The number of halogens is 6. The predicted molar refractivity (Wildman–Crippen MR) is 107 cm³/mol. The average molecular weight is 678 g/mol. The van der Waals surface area contributed by atoms with Gasteiger partial charge in [0.1, 0.15) is 0 Å². The van der Waals surface area contributed by atoms with Crippen molar-refractivity contribution in [1.29, 1.82) is 0 Å². The van der Waals surface area contributed by atoms with Gasteiger partial charge in [0.2, 0.25) is 0 Å². The van der Waals surface area contributed by atoms with Crippen LogP contribution in [0.15, 0.2) is 30.3 Å². The van der Waals surface area contributed by atoms with Crippen LogP contribution in [0.1, 0.15) is 62.3 Å². The van der Waals surface area contributed by atoms with Gasteiger partial charge >= 0.3 is 51.8 Å². The molecule has 0 bridgehead atoms. The molecule has 0 amide bonds. The Kier molecular flexibility index (Phi) is 24.0. The van der Waals surface area contributed by atoms with E-state index >= 15 is 0 Å². The molecule has 0 aliphatic carbocycles. The summed E-state index contributed by atoms with van der Waals surface area (Å²) in [5, 5.41) is 15.6. The van der Waals surface area contributed by atoms with Crippen LogP contribution in [0.3, 0.4) is 0 Å². The second-order valence-electron chi connectivity index (χ2n) is 8.70. The van der Waals surface area contributed by atoms with Crippen LogP contribution in [0.25, 0.3) is 0 Å². The van der Waals surface area contributed by atoms with E-state index in [4.69, 9.17) is 15.3 Å². The zero-order valence-electron chi connectivity index (χ0n) is 19.1. The minimum absolute atomic E-state index is 0. The summed E-state index contributed by atoms with van der Waals surface area (Å²) >= 11 is -4.06. The van der Waals surface area contributed by atoms with Crippen LogP contribution in [-0.4, -0.2) is 57.6 Å². The van der Waals surface area contributed by atoms with E-state index in [0.29, 0.717) is 0 Å². The van der Waals surface area contributed by atoms with Gasteiger partial charge in [-0.25, -0.2) is 12.1 Å². The molecule has 30 heavy (non-hydrogen) atoms. The zero-order chi connectivity index (χ0) is 24.7. The Morgan fingerprint density at radius 2 is 0.733 bits per heavy atom. The fraction of sp³-hybridized carbons (Fsp3) is 0.737. The minimum atomic E-state index is -4.98. The molecule has 0 fully saturated rings. The quantitative estimate of drug-likeness (QED) is 0.201. The van der Waals surface area contributed by atoms with E-state index in [1.165, 1.54) is 0 Å². The second kappa shape index (κ2) is 17.7. The summed E-state index contributed by atoms with van der Waals surface area (Å²) in [6, 6.07) is 10.0. The van der Waals surface area contributed by atoms with Crippen LogP contribution < -0.4 is 0 Å². The Balaban J connectivity index is -0.0000000884. The standard InChI is InChI=1S/C5H5.3C4H10O.C2HF6Ge.Hf/c1-2-4-5-3-1;3*1-4(2,3)5;3-1(4,5)9-2(6,7)8;/h1-5H;3*5H,1-3H3;9H;/q-1;;;;;. The molecule has 0 saturated heterocycles. The van der Waals surface area contributed by atoms with Gasteiger partial charge in [-0.1, -0.05) is 0 Å². The molecule has 1 aromatic rings. The first kappa shape index (κ1) is 40.6. The first-order valence-corrected chi connectivity index (χ1v) is 11.0. The number of hydrogen-bond donors (Lipinski definition) is 3. The summed E-state index contributed by atoms with van der Waals surface area (Å²) < 4.78 is 65.4. The monoisotopic (exact) mass is 680 g/mol. The first-order chi connectivity index (χ1) is 12.2. The second-order valence-corrected chi connectivity index (χ2v) is 12.1. The van der Waals surface area contributed by atoms with Crippen molar-refractivity contribution in [3.8, 4) is 0 Å². The van der Waals surface area contributed by atoms with Crippen molar-refractivity contribution in [2.24, 2.45) is 0 Å². The molecular weight excluding hydrogens is 641 g/mol. The van der Waals surface area contributed by atoms with Crippen molar-refractivity contribution in [1.82, 2.24) is 0 Å². The van der Waals surface area contributed by atoms with Crippen molar-refractivity contribution in [2.75, 3.05) is 0 Å². The summed E-state index contributed by atoms with van der Waals surface area (Å²) in [6.45, 7) is 15.7. The van der Waals surface area contributed by atoms with Crippen molar-refractivity contribution < 1.29 is 67.5 Å². The summed E-state index contributed by atoms with van der Waals surface area (Å²) in [4.78, 5) is 0. The fourth-order valence-corrected chi connectivity index (χ4v) is 1.29. The van der Waals surface area contributed by atoms with Crippen LogP contribution in [-0.2, 0) is 25.8 Å². The fourth-order valence-electron chi connectivity index (χ4n) is 0.506. The summed E-state index contributed by atoms with van der Waals surface area (Å²) in [5.41, 5.74) is -1.50. The third-order valence-electron chi connectivity index (χ3n) is 0.883. The largest absolute Gasteiger partial charge is 0.214 e. The van der Waals surface area contributed by atoms with E-state index < -0.39 is 42.3 Å². The van der Waals surface area contributed by atoms with Gasteiger partial charge in [-0.3, -0.25) is 0 Å². The Bertz CT molecular complexity index is 381. The van der Waals surface area contributed by atoms with Crippen molar-refractivity contribution in [2.45, 2.75) is 89.1 Å². The van der Waals surface area contributed by atoms with Gasteiger partial charge in [-0.15, -0.1) is 0 Å². The maximum Gasteiger partial charge on any atom is 0 e. The van der Waals surface area contributed by atoms with Crippen molar-refractivity contribution in [3.63, 3.8) is 0 Å². The Morgan fingerprint density at radius 3 is 0.767 bits per heavy atom.